The molecule has 0 aliphatic heterocycles. The molecule has 0 radical (unpaired) electrons. The van der Waals surface area contributed by atoms with Crippen LogP contribution in [0.15, 0.2) is 30.5 Å². The summed E-state index contributed by atoms with van der Waals surface area (Å²) in [7, 11) is 0. The number of hydrogen-bond donors (Lipinski definition) is 1. The SMILES string of the molecule is Clc1cccc(COCCn2cc(CNC3CC3)nn2)c1. The lowest BCUT2D eigenvalue weighted by Crippen LogP contribution is -2.15. The van der Waals surface area contributed by atoms with Crippen molar-refractivity contribution < 1.29 is 4.74 Å². The number of hydrogen-bond acceptors (Lipinski definition) is 4. The lowest BCUT2D eigenvalue weighted by molar-refractivity contribution is 0.110. The Morgan fingerprint density at radius 1 is 1.38 bits per heavy atom. The van der Waals surface area contributed by atoms with Crippen molar-refractivity contribution in [1.82, 2.24) is 20.3 Å². The number of ether oxygens (including phenoxy) is 1. The van der Waals surface area contributed by atoms with Crippen molar-refractivity contribution >= 4 is 11.6 Å². The molecule has 0 amide bonds. The first-order chi connectivity index (χ1) is 10.3. The average molecular weight is 307 g/mol. The molecule has 6 heteroatoms. The summed E-state index contributed by atoms with van der Waals surface area (Å²) >= 11 is 5.93. The van der Waals surface area contributed by atoms with E-state index in [-0.39, 0.29) is 0 Å². The van der Waals surface area contributed by atoms with Crippen molar-refractivity contribution in [2.45, 2.75) is 38.6 Å². The predicted molar refractivity (Wildman–Crippen MR) is 81.0 cm³/mol. The third kappa shape index (κ3) is 4.81. The normalized spacial score (nSPS) is 14.5. The Kier molecular flexibility index (Phi) is 4.85. The lowest BCUT2D eigenvalue weighted by atomic mass is 10.2. The third-order valence-electron chi connectivity index (χ3n) is 3.36. The van der Waals surface area contributed by atoms with E-state index in [0.717, 1.165) is 22.8 Å². The van der Waals surface area contributed by atoms with Gasteiger partial charge in [-0.2, -0.15) is 0 Å². The van der Waals surface area contributed by atoms with E-state index in [2.05, 4.69) is 15.6 Å². The summed E-state index contributed by atoms with van der Waals surface area (Å²) in [6.45, 7) is 2.67. The Labute approximate surface area is 129 Å². The van der Waals surface area contributed by atoms with Crippen LogP contribution < -0.4 is 5.32 Å². The molecule has 1 fully saturated rings. The van der Waals surface area contributed by atoms with E-state index in [1.54, 1.807) is 0 Å². The molecule has 0 atom stereocenters. The molecule has 1 heterocycles. The van der Waals surface area contributed by atoms with Crippen molar-refractivity contribution in [3.63, 3.8) is 0 Å². The number of benzene rings is 1. The summed E-state index contributed by atoms with van der Waals surface area (Å²) in [6.07, 6.45) is 4.54. The van der Waals surface area contributed by atoms with Crippen LogP contribution in [0.5, 0.6) is 0 Å². The molecule has 3 rings (SSSR count). The molecule has 0 unspecified atom stereocenters. The summed E-state index contributed by atoms with van der Waals surface area (Å²) in [5.41, 5.74) is 2.06. The van der Waals surface area contributed by atoms with E-state index in [1.807, 2.05) is 35.1 Å². The number of nitrogens with one attached hydrogen (secondary N) is 1. The molecule has 1 aromatic heterocycles. The monoisotopic (exact) mass is 306 g/mol. The Morgan fingerprint density at radius 3 is 3.10 bits per heavy atom. The highest BCUT2D eigenvalue weighted by atomic mass is 35.5. The minimum absolute atomic E-state index is 0.561. The Hall–Kier alpha value is -1.43. The molecule has 112 valence electrons. The van der Waals surface area contributed by atoms with Crippen molar-refractivity contribution in [3.05, 3.63) is 46.7 Å². The number of rotatable bonds is 8. The van der Waals surface area contributed by atoms with Crippen molar-refractivity contribution in [3.8, 4) is 0 Å². The maximum atomic E-state index is 5.93. The van der Waals surface area contributed by atoms with E-state index in [1.165, 1.54) is 12.8 Å². The van der Waals surface area contributed by atoms with Gasteiger partial charge in [-0.15, -0.1) is 5.10 Å². The Morgan fingerprint density at radius 2 is 2.29 bits per heavy atom. The summed E-state index contributed by atoms with van der Waals surface area (Å²) in [6, 6.07) is 8.40. The molecular weight excluding hydrogens is 288 g/mol. The number of halogens is 1. The van der Waals surface area contributed by atoms with Crippen molar-refractivity contribution in [2.75, 3.05) is 6.61 Å². The van der Waals surface area contributed by atoms with E-state index in [0.29, 0.717) is 25.8 Å². The third-order valence-corrected chi connectivity index (χ3v) is 3.59. The summed E-state index contributed by atoms with van der Waals surface area (Å²) in [4.78, 5) is 0. The predicted octanol–water partition coefficient (Wildman–Crippen LogP) is 2.40. The zero-order valence-electron chi connectivity index (χ0n) is 11.8. The van der Waals surface area contributed by atoms with Gasteiger partial charge in [-0.3, -0.25) is 0 Å². The summed E-state index contributed by atoms with van der Waals surface area (Å²) < 4.78 is 7.45. The van der Waals surface area contributed by atoms with Crippen LogP contribution in [0.2, 0.25) is 5.02 Å². The first kappa shape index (κ1) is 14.5. The van der Waals surface area contributed by atoms with Gasteiger partial charge in [-0.05, 0) is 30.5 Å². The molecule has 1 N–H and O–H groups in total. The van der Waals surface area contributed by atoms with Gasteiger partial charge in [-0.25, -0.2) is 4.68 Å². The highest BCUT2D eigenvalue weighted by Gasteiger charge is 2.20. The van der Waals surface area contributed by atoms with Crippen LogP contribution in [0.4, 0.5) is 0 Å². The quantitative estimate of drug-likeness (QED) is 0.761. The molecule has 1 saturated carbocycles. The topological polar surface area (TPSA) is 52.0 Å². The maximum absolute atomic E-state index is 5.93. The Bertz CT molecular complexity index is 583. The zero-order valence-corrected chi connectivity index (χ0v) is 12.6. The van der Waals surface area contributed by atoms with Gasteiger partial charge < -0.3 is 10.1 Å². The van der Waals surface area contributed by atoms with Gasteiger partial charge in [0.05, 0.1) is 25.5 Å². The molecule has 1 aliphatic carbocycles. The largest absolute Gasteiger partial charge is 0.375 e. The van der Waals surface area contributed by atoms with Gasteiger partial charge >= 0.3 is 0 Å². The summed E-state index contributed by atoms with van der Waals surface area (Å²) in [5.74, 6) is 0. The van der Waals surface area contributed by atoms with Crippen LogP contribution in [0.1, 0.15) is 24.1 Å². The van der Waals surface area contributed by atoms with Crippen LogP contribution in [0.3, 0.4) is 0 Å². The molecular formula is C15H19ClN4O. The molecule has 0 spiro atoms. The number of aromatic nitrogens is 3. The molecule has 1 aromatic carbocycles. The lowest BCUT2D eigenvalue weighted by Gasteiger charge is -2.04. The molecule has 21 heavy (non-hydrogen) atoms. The second kappa shape index (κ2) is 7.02. The minimum Gasteiger partial charge on any atom is -0.375 e. The van der Waals surface area contributed by atoms with Crippen LogP contribution in [0.25, 0.3) is 0 Å². The van der Waals surface area contributed by atoms with Crippen molar-refractivity contribution in [1.29, 1.82) is 0 Å². The van der Waals surface area contributed by atoms with Crippen LogP contribution in [-0.4, -0.2) is 27.6 Å². The molecule has 2 aromatic rings. The fourth-order valence-electron chi connectivity index (χ4n) is 2.04. The van der Waals surface area contributed by atoms with E-state index in [4.69, 9.17) is 16.3 Å². The molecule has 0 bridgehead atoms. The zero-order chi connectivity index (χ0) is 14.5. The fourth-order valence-corrected chi connectivity index (χ4v) is 2.25. The molecule has 5 nitrogen and oxygen atoms in total. The van der Waals surface area contributed by atoms with E-state index < -0.39 is 0 Å². The fraction of sp³-hybridized carbons (Fsp3) is 0.467. The summed E-state index contributed by atoms with van der Waals surface area (Å²) in [5, 5.41) is 12.4. The highest BCUT2D eigenvalue weighted by Crippen LogP contribution is 2.18. The van der Waals surface area contributed by atoms with Crippen molar-refractivity contribution in [2.24, 2.45) is 0 Å². The van der Waals surface area contributed by atoms with Gasteiger partial charge in [0, 0.05) is 23.8 Å². The van der Waals surface area contributed by atoms with Gasteiger partial charge in [0.25, 0.3) is 0 Å². The number of nitrogens with zero attached hydrogens (tertiary/aromatic N) is 3. The Balaban J connectivity index is 1.36. The first-order valence-corrected chi connectivity index (χ1v) is 7.62. The molecule has 0 saturated heterocycles. The van der Waals surface area contributed by atoms with Crippen LogP contribution in [0, 0.1) is 0 Å². The van der Waals surface area contributed by atoms with E-state index in [9.17, 15) is 0 Å². The van der Waals surface area contributed by atoms with Gasteiger partial charge in [0.15, 0.2) is 0 Å². The molecule has 1 aliphatic rings. The minimum atomic E-state index is 0.561. The second-order valence-corrected chi connectivity index (χ2v) is 5.75. The van der Waals surface area contributed by atoms with E-state index >= 15 is 0 Å². The maximum Gasteiger partial charge on any atom is 0.0964 e. The first-order valence-electron chi connectivity index (χ1n) is 7.24. The van der Waals surface area contributed by atoms with Gasteiger partial charge in [-0.1, -0.05) is 28.9 Å². The average Bonchev–Trinajstić information content (AvgIpc) is 3.20. The highest BCUT2D eigenvalue weighted by molar-refractivity contribution is 6.30. The van der Waals surface area contributed by atoms with Gasteiger partial charge in [0.1, 0.15) is 0 Å². The second-order valence-electron chi connectivity index (χ2n) is 5.31. The van der Waals surface area contributed by atoms with Crippen LogP contribution in [-0.2, 0) is 24.4 Å². The smallest absolute Gasteiger partial charge is 0.0964 e. The standard InChI is InChI=1S/C15H19ClN4O/c16-13-3-1-2-12(8-13)11-21-7-6-20-10-15(18-19-20)9-17-14-4-5-14/h1-3,8,10,14,17H,4-7,9,11H2. The van der Waals surface area contributed by atoms with Gasteiger partial charge in [0.2, 0.25) is 0 Å². The van der Waals surface area contributed by atoms with Crippen LogP contribution >= 0.6 is 11.6 Å².